The monoisotopic (exact) mass is 724 g/mol. The first-order valence-corrected chi connectivity index (χ1v) is 19.5. The Hall–Kier alpha value is -5.78. The molecular weight excluding hydrogens is 673 g/mol. The number of hydrogen-bond donors (Lipinski definition) is 0. The van der Waals surface area contributed by atoms with Gasteiger partial charge in [0.2, 0.25) is 11.0 Å². The summed E-state index contributed by atoms with van der Waals surface area (Å²) in [7, 11) is 4.20. The van der Waals surface area contributed by atoms with E-state index in [1.807, 2.05) is 0 Å². The number of aryl methyl sites for hydroxylation is 2. The molecule has 6 aromatic rings. The Morgan fingerprint density at radius 1 is 0.527 bits per heavy atom. The van der Waals surface area contributed by atoms with Gasteiger partial charge in [0.1, 0.15) is 14.1 Å². The van der Waals surface area contributed by atoms with Crippen molar-refractivity contribution in [3.63, 3.8) is 0 Å². The number of benzene rings is 4. The molecule has 2 aliphatic rings. The second-order valence-electron chi connectivity index (χ2n) is 15.8. The van der Waals surface area contributed by atoms with Crippen molar-refractivity contribution in [2.75, 3.05) is 36.1 Å². The van der Waals surface area contributed by atoms with Gasteiger partial charge in [-0.3, -0.25) is 0 Å². The third-order valence-corrected chi connectivity index (χ3v) is 11.7. The summed E-state index contributed by atoms with van der Waals surface area (Å²) in [6.45, 7) is 12.1. The van der Waals surface area contributed by atoms with Crippen LogP contribution in [-0.4, -0.2) is 26.3 Å². The highest BCUT2D eigenvalue weighted by Crippen LogP contribution is 2.48. The lowest BCUT2D eigenvalue weighted by molar-refractivity contribution is -0.645. The second kappa shape index (κ2) is 14.8. The molecule has 0 N–H and O–H groups in total. The van der Waals surface area contributed by atoms with Gasteiger partial charge in [-0.05, 0) is 58.7 Å². The molecule has 0 radical (unpaired) electrons. The van der Waals surface area contributed by atoms with Crippen molar-refractivity contribution in [3.05, 3.63) is 180 Å². The van der Waals surface area contributed by atoms with Crippen LogP contribution < -0.4 is 18.9 Å². The smallest absolute Gasteiger partial charge is 0.212 e. The Kier molecular flexibility index (Phi) is 9.75. The number of ether oxygens (including phenoxy) is 1. The van der Waals surface area contributed by atoms with Crippen LogP contribution in [0.25, 0.3) is 34.0 Å². The minimum atomic E-state index is -0.131. The van der Waals surface area contributed by atoms with E-state index in [0.717, 1.165) is 13.1 Å². The van der Waals surface area contributed by atoms with Crippen molar-refractivity contribution < 1.29 is 13.9 Å². The first-order chi connectivity index (χ1) is 26.7. The molecule has 8 rings (SSSR count). The Labute approximate surface area is 326 Å². The molecule has 0 saturated heterocycles. The average molecular weight is 725 g/mol. The van der Waals surface area contributed by atoms with Crippen molar-refractivity contribution in [1.82, 2.24) is 0 Å². The van der Waals surface area contributed by atoms with Crippen LogP contribution in [0.2, 0.25) is 0 Å². The zero-order valence-corrected chi connectivity index (χ0v) is 33.0. The molecule has 0 aliphatic carbocycles. The highest BCUT2D eigenvalue weighted by atomic mass is 16.5. The van der Waals surface area contributed by atoms with E-state index in [4.69, 9.17) is 4.74 Å². The molecule has 0 saturated carbocycles. The Balaban J connectivity index is 0.992. The van der Waals surface area contributed by atoms with Crippen LogP contribution in [0.3, 0.4) is 0 Å². The number of rotatable bonds is 10. The molecule has 5 heteroatoms. The molecule has 0 bridgehead atoms. The van der Waals surface area contributed by atoms with Gasteiger partial charge >= 0.3 is 0 Å². The van der Waals surface area contributed by atoms with Crippen molar-refractivity contribution in [3.8, 4) is 0 Å². The van der Waals surface area contributed by atoms with Crippen molar-refractivity contribution >= 4 is 45.3 Å². The van der Waals surface area contributed by atoms with Crippen LogP contribution in [0.4, 0.5) is 11.4 Å². The summed E-state index contributed by atoms with van der Waals surface area (Å²) in [6, 6.07) is 39.2. The van der Waals surface area contributed by atoms with Gasteiger partial charge in [0.25, 0.3) is 0 Å². The van der Waals surface area contributed by atoms with Gasteiger partial charge in [0.05, 0.1) is 24.0 Å². The quantitative estimate of drug-likeness (QED) is 0.104. The summed E-state index contributed by atoms with van der Waals surface area (Å²) < 4.78 is 10.9. The molecule has 2 aromatic heterocycles. The van der Waals surface area contributed by atoms with Gasteiger partial charge < -0.3 is 14.5 Å². The fourth-order valence-electron chi connectivity index (χ4n) is 8.73. The summed E-state index contributed by atoms with van der Waals surface area (Å²) in [5, 5.41) is 2.50. The maximum absolute atomic E-state index is 6.51. The zero-order valence-electron chi connectivity index (χ0n) is 33.0. The van der Waals surface area contributed by atoms with E-state index in [9.17, 15) is 0 Å². The molecule has 55 heavy (non-hydrogen) atoms. The minimum absolute atomic E-state index is 0.131. The van der Waals surface area contributed by atoms with Gasteiger partial charge in [0.15, 0.2) is 12.4 Å². The van der Waals surface area contributed by atoms with Gasteiger partial charge in [-0.25, -0.2) is 9.13 Å². The molecule has 0 amide bonds. The maximum Gasteiger partial charge on any atom is 0.212 e. The van der Waals surface area contributed by atoms with E-state index in [-0.39, 0.29) is 10.8 Å². The summed E-state index contributed by atoms with van der Waals surface area (Å²) in [6.07, 6.45) is 17.8. The first-order valence-electron chi connectivity index (χ1n) is 19.5. The van der Waals surface area contributed by atoms with Crippen LogP contribution in [0.1, 0.15) is 49.9 Å². The lowest BCUT2D eigenvalue weighted by atomic mass is 9.83. The predicted molar refractivity (Wildman–Crippen MR) is 229 cm³/mol. The Bertz CT molecular complexity index is 2350. The van der Waals surface area contributed by atoms with Crippen LogP contribution in [0.15, 0.2) is 157 Å². The normalized spacial score (nSPS) is 17.4. The van der Waals surface area contributed by atoms with Crippen LogP contribution >= 0.6 is 0 Å². The average Bonchev–Trinajstić information content (AvgIpc) is 3.55. The third-order valence-electron chi connectivity index (χ3n) is 11.7. The number of aromatic nitrogens is 2. The van der Waals surface area contributed by atoms with E-state index in [0.29, 0.717) is 13.2 Å². The molecule has 0 unspecified atom stereocenters. The van der Waals surface area contributed by atoms with Crippen molar-refractivity contribution in [2.45, 2.75) is 38.5 Å². The zero-order chi connectivity index (χ0) is 38.2. The molecule has 0 atom stereocenters. The van der Waals surface area contributed by atoms with Gasteiger partial charge in [-0.1, -0.05) is 113 Å². The minimum Gasteiger partial charge on any atom is -0.378 e. The molecular formula is C50H52N4O+2. The van der Waals surface area contributed by atoms with Crippen molar-refractivity contribution in [1.29, 1.82) is 0 Å². The summed E-state index contributed by atoms with van der Waals surface area (Å²) >= 11 is 0. The second-order valence-corrected chi connectivity index (χ2v) is 15.8. The SMILES string of the molecule is C[n+]1ccc(C=CC=C2N(CCOCCN3C(=CC=Cc4cc[n+](C)c5ccccc45)C(C)(C)c4ccccc43)c3ccccc3C2(C)C)c2ccccc21. The highest BCUT2D eigenvalue weighted by molar-refractivity contribution is 5.87. The molecule has 0 fully saturated rings. The number of allylic oxidation sites excluding steroid dienone is 6. The van der Waals surface area contributed by atoms with E-state index in [1.54, 1.807) is 0 Å². The van der Waals surface area contributed by atoms with Crippen molar-refractivity contribution in [2.24, 2.45) is 14.1 Å². The number of pyridine rings is 2. The van der Waals surface area contributed by atoms with E-state index >= 15 is 0 Å². The van der Waals surface area contributed by atoms with Gasteiger partial charge in [-0.15, -0.1) is 0 Å². The molecule has 0 spiro atoms. The Morgan fingerprint density at radius 2 is 0.927 bits per heavy atom. The molecule has 2 aliphatic heterocycles. The number of nitrogens with zero attached hydrogens (tertiary/aromatic N) is 4. The lowest BCUT2D eigenvalue weighted by Gasteiger charge is -2.28. The molecule has 4 aromatic carbocycles. The number of hydrogen-bond acceptors (Lipinski definition) is 3. The predicted octanol–water partition coefficient (Wildman–Crippen LogP) is 9.75. The van der Waals surface area contributed by atoms with Crippen LogP contribution in [0.5, 0.6) is 0 Å². The standard InChI is InChI=1S/C50H52N4O/c1-49(2)41-21-9-13-25-45(41)53(47(49)27-15-17-37-29-31-51(5)43-23-11-7-19-39(37)43)33-35-55-36-34-54-46-26-14-10-22-42(46)50(3,4)48(54)28-16-18-38-30-32-52(6)44-24-12-8-20-40(38)44/h7-32H,33-36H2,1-6H3/q+2. The molecule has 5 nitrogen and oxygen atoms in total. The fraction of sp³-hybridized carbons (Fsp3) is 0.240. The topological polar surface area (TPSA) is 23.5 Å². The maximum atomic E-state index is 6.51. The fourth-order valence-corrected chi connectivity index (χ4v) is 8.73. The summed E-state index contributed by atoms with van der Waals surface area (Å²) in [5.41, 5.74) is 12.4. The van der Waals surface area contributed by atoms with E-state index in [2.05, 4.69) is 219 Å². The van der Waals surface area contributed by atoms with Gasteiger partial charge in [-0.2, -0.15) is 0 Å². The van der Waals surface area contributed by atoms with Crippen LogP contribution in [-0.2, 0) is 29.7 Å². The van der Waals surface area contributed by atoms with E-state index in [1.165, 1.54) is 66.8 Å². The largest absolute Gasteiger partial charge is 0.378 e. The molecule has 276 valence electrons. The number of fused-ring (bicyclic) bond motifs is 4. The van der Waals surface area contributed by atoms with Crippen LogP contribution in [0, 0.1) is 0 Å². The number of anilines is 2. The lowest BCUT2D eigenvalue weighted by Crippen LogP contribution is -2.31. The first kappa shape index (κ1) is 36.2. The highest BCUT2D eigenvalue weighted by Gasteiger charge is 2.40. The van der Waals surface area contributed by atoms with Gasteiger partial charge in [0, 0.05) is 71.0 Å². The Morgan fingerprint density at radius 3 is 1.38 bits per heavy atom. The summed E-state index contributed by atoms with van der Waals surface area (Å²) in [5.74, 6) is 0. The number of para-hydroxylation sites is 4. The third kappa shape index (κ3) is 6.68. The van der Waals surface area contributed by atoms with E-state index < -0.39 is 0 Å². The summed E-state index contributed by atoms with van der Waals surface area (Å²) in [4.78, 5) is 4.92. The molecule has 4 heterocycles.